The number of amides is 1. The fraction of sp³-hybridized carbons (Fsp3) is 0.267. The number of rotatable bonds is 6. The predicted octanol–water partition coefficient (Wildman–Crippen LogP) is 0.0767. The lowest BCUT2D eigenvalue weighted by Gasteiger charge is -2.02. The van der Waals surface area contributed by atoms with Crippen molar-refractivity contribution in [2.24, 2.45) is 5.73 Å². The Labute approximate surface area is 131 Å². The lowest BCUT2D eigenvalue weighted by atomic mass is 10.1. The van der Waals surface area contributed by atoms with Crippen LogP contribution in [0.1, 0.15) is 22.0 Å². The summed E-state index contributed by atoms with van der Waals surface area (Å²) >= 11 is 0. The Bertz CT molecular complexity index is 731. The van der Waals surface area contributed by atoms with Crippen LogP contribution < -0.4 is 5.73 Å². The van der Waals surface area contributed by atoms with Gasteiger partial charge in [0, 0.05) is 6.42 Å². The van der Waals surface area contributed by atoms with Gasteiger partial charge >= 0.3 is 0 Å². The molecule has 1 aromatic heterocycles. The molecule has 0 unspecified atom stereocenters. The van der Waals surface area contributed by atoms with Crippen LogP contribution in [0.2, 0.25) is 0 Å². The molecule has 0 fully saturated rings. The van der Waals surface area contributed by atoms with E-state index in [4.69, 9.17) is 15.6 Å². The van der Waals surface area contributed by atoms with Crippen LogP contribution in [0.25, 0.3) is 0 Å². The summed E-state index contributed by atoms with van der Waals surface area (Å²) in [4.78, 5) is 15.1. The molecule has 1 aromatic carbocycles. The number of aromatic nitrogens is 3. The summed E-state index contributed by atoms with van der Waals surface area (Å²) in [5.41, 5.74) is 5.99. The topological polar surface area (TPSA) is 103 Å². The second kappa shape index (κ2) is 8.03. The maximum Gasteiger partial charge on any atom is 0.288 e. The Hall–Kier alpha value is -2.76. The molecule has 0 aliphatic heterocycles. The molecule has 0 atom stereocenters. The van der Waals surface area contributed by atoms with E-state index in [0.717, 1.165) is 5.56 Å². The summed E-state index contributed by atoms with van der Waals surface area (Å²) in [6, 6.07) is 5.97. The van der Waals surface area contributed by atoms with Gasteiger partial charge in [0.25, 0.3) is 5.91 Å². The molecule has 2 aromatic rings. The zero-order chi connectivity index (χ0) is 16.7. The summed E-state index contributed by atoms with van der Waals surface area (Å²) in [7, 11) is 0. The van der Waals surface area contributed by atoms with Gasteiger partial charge in [0.15, 0.2) is 0 Å². The monoisotopic (exact) mass is 318 g/mol. The number of nitrogens with zero attached hydrogens (tertiary/aromatic N) is 3. The van der Waals surface area contributed by atoms with E-state index in [9.17, 15) is 9.18 Å². The number of nitrogens with two attached hydrogens (primary N) is 1. The first kappa shape index (κ1) is 16.6. The molecule has 120 valence electrons. The highest BCUT2D eigenvalue weighted by molar-refractivity contribution is 5.88. The van der Waals surface area contributed by atoms with Gasteiger partial charge in [0.2, 0.25) is 11.6 Å². The van der Waals surface area contributed by atoms with Gasteiger partial charge in [0.05, 0.1) is 13.2 Å². The van der Waals surface area contributed by atoms with Crippen LogP contribution in [0.15, 0.2) is 24.3 Å². The number of ether oxygens (including phenoxy) is 1. The maximum absolute atomic E-state index is 12.8. The second-order valence-corrected chi connectivity index (χ2v) is 4.49. The zero-order valence-electron chi connectivity index (χ0n) is 12.2. The molecule has 0 aliphatic carbocycles. The van der Waals surface area contributed by atoms with Crippen molar-refractivity contribution in [3.63, 3.8) is 0 Å². The third-order valence-electron chi connectivity index (χ3n) is 2.75. The largest absolute Gasteiger partial charge is 0.394 e. The lowest BCUT2D eigenvalue weighted by Crippen LogP contribution is -2.14. The quantitative estimate of drug-likeness (QED) is 0.580. The lowest BCUT2D eigenvalue weighted by molar-refractivity contribution is 0.0411. The van der Waals surface area contributed by atoms with Crippen molar-refractivity contribution in [2.45, 2.75) is 13.2 Å². The highest BCUT2D eigenvalue weighted by Crippen LogP contribution is 2.03. The maximum atomic E-state index is 12.8. The normalized spacial score (nSPS) is 10.2. The highest BCUT2D eigenvalue weighted by Gasteiger charge is 2.12. The minimum atomic E-state index is -0.771. The fourth-order valence-electron chi connectivity index (χ4n) is 1.67. The van der Waals surface area contributed by atoms with Crippen LogP contribution in [0, 0.1) is 17.7 Å². The van der Waals surface area contributed by atoms with E-state index in [1.165, 1.54) is 16.8 Å². The van der Waals surface area contributed by atoms with Gasteiger partial charge in [-0.05, 0) is 23.6 Å². The minimum Gasteiger partial charge on any atom is -0.394 e. The molecule has 0 saturated heterocycles. The summed E-state index contributed by atoms with van der Waals surface area (Å²) in [5.74, 6) is 4.62. The fourth-order valence-corrected chi connectivity index (χ4v) is 1.67. The third kappa shape index (κ3) is 4.88. The Morgan fingerprint density at radius 2 is 2.13 bits per heavy atom. The van der Waals surface area contributed by atoms with E-state index in [0.29, 0.717) is 6.42 Å². The highest BCUT2D eigenvalue weighted by atomic mass is 19.1. The molecule has 1 amide bonds. The molecular formula is C15H15FN4O3. The standard InChI is InChI=1S/C15H15FN4O3/c16-12-6-4-11(5-7-12)2-1-3-13-18-15(14(17)22)19-20(13)10-23-9-8-21/h4-7,21H,2,8-10H2,(H2,17,22). The van der Waals surface area contributed by atoms with E-state index >= 15 is 0 Å². The summed E-state index contributed by atoms with van der Waals surface area (Å²) < 4.78 is 19.2. The van der Waals surface area contributed by atoms with E-state index in [2.05, 4.69) is 21.9 Å². The van der Waals surface area contributed by atoms with Gasteiger partial charge in [0.1, 0.15) is 12.5 Å². The molecule has 0 saturated carbocycles. The molecule has 8 heteroatoms. The number of hydrogen-bond acceptors (Lipinski definition) is 5. The first-order valence-corrected chi connectivity index (χ1v) is 6.76. The molecule has 2 rings (SSSR count). The predicted molar refractivity (Wildman–Crippen MR) is 78.6 cm³/mol. The van der Waals surface area contributed by atoms with Crippen molar-refractivity contribution < 1.29 is 19.0 Å². The van der Waals surface area contributed by atoms with Crippen LogP contribution in [-0.4, -0.2) is 39.0 Å². The number of halogens is 1. The Kier molecular flexibility index (Phi) is 5.80. The van der Waals surface area contributed by atoms with E-state index in [1.54, 1.807) is 12.1 Å². The van der Waals surface area contributed by atoms with Crippen LogP contribution in [0.3, 0.4) is 0 Å². The Morgan fingerprint density at radius 1 is 1.39 bits per heavy atom. The summed E-state index contributed by atoms with van der Waals surface area (Å²) in [6.07, 6.45) is 0.385. The number of carbonyl (C=O) groups is 1. The number of aliphatic hydroxyl groups is 1. The van der Waals surface area contributed by atoms with Gasteiger partial charge in [-0.25, -0.2) is 9.07 Å². The Balaban J connectivity index is 2.12. The van der Waals surface area contributed by atoms with E-state index in [1.807, 2.05) is 0 Å². The SMILES string of the molecule is NC(=O)c1nc(C#CCc2ccc(F)cc2)n(COCCO)n1. The van der Waals surface area contributed by atoms with Crippen molar-refractivity contribution in [3.8, 4) is 11.8 Å². The molecule has 0 bridgehead atoms. The van der Waals surface area contributed by atoms with E-state index < -0.39 is 5.91 Å². The average Bonchev–Trinajstić information content (AvgIpc) is 2.93. The van der Waals surface area contributed by atoms with E-state index in [-0.39, 0.29) is 37.4 Å². The zero-order valence-corrected chi connectivity index (χ0v) is 12.2. The van der Waals surface area contributed by atoms with Crippen LogP contribution in [0.4, 0.5) is 4.39 Å². The van der Waals surface area contributed by atoms with Crippen LogP contribution in [-0.2, 0) is 17.9 Å². The first-order chi connectivity index (χ1) is 11.1. The van der Waals surface area contributed by atoms with Gasteiger partial charge in [-0.15, -0.1) is 5.10 Å². The molecule has 7 nitrogen and oxygen atoms in total. The van der Waals surface area contributed by atoms with Crippen LogP contribution in [0.5, 0.6) is 0 Å². The minimum absolute atomic E-state index is 0.0125. The van der Waals surface area contributed by atoms with Gasteiger partial charge in [-0.1, -0.05) is 18.1 Å². The number of primary amides is 1. The molecule has 0 radical (unpaired) electrons. The average molecular weight is 318 g/mol. The first-order valence-electron chi connectivity index (χ1n) is 6.76. The molecule has 23 heavy (non-hydrogen) atoms. The number of carbonyl (C=O) groups excluding carboxylic acids is 1. The number of benzene rings is 1. The van der Waals surface area contributed by atoms with Gasteiger partial charge in [-0.3, -0.25) is 4.79 Å². The molecule has 1 heterocycles. The smallest absolute Gasteiger partial charge is 0.288 e. The number of aliphatic hydroxyl groups excluding tert-OH is 1. The molecule has 0 aliphatic rings. The summed E-state index contributed by atoms with van der Waals surface area (Å²) in [6.45, 7) is -0.0292. The third-order valence-corrected chi connectivity index (χ3v) is 2.75. The Morgan fingerprint density at radius 3 is 2.78 bits per heavy atom. The van der Waals surface area contributed by atoms with Crippen molar-refractivity contribution in [1.29, 1.82) is 0 Å². The van der Waals surface area contributed by atoms with Crippen molar-refractivity contribution in [3.05, 3.63) is 47.3 Å². The number of hydrogen-bond donors (Lipinski definition) is 2. The van der Waals surface area contributed by atoms with Gasteiger partial charge < -0.3 is 15.6 Å². The molecule has 3 N–H and O–H groups in total. The summed E-state index contributed by atoms with van der Waals surface area (Å²) in [5, 5.41) is 12.6. The van der Waals surface area contributed by atoms with Crippen molar-refractivity contribution >= 4 is 5.91 Å². The van der Waals surface area contributed by atoms with Crippen molar-refractivity contribution in [2.75, 3.05) is 13.2 Å². The molecular weight excluding hydrogens is 303 g/mol. The van der Waals surface area contributed by atoms with Crippen molar-refractivity contribution in [1.82, 2.24) is 14.8 Å². The van der Waals surface area contributed by atoms with Crippen LogP contribution >= 0.6 is 0 Å². The second-order valence-electron chi connectivity index (χ2n) is 4.49. The molecule has 0 spiro atoms. The van der Waals surface area contributed by atoms with Gasteiger partial charge in [-0.2, -0.15) is 4.98 Å².